The van der Waals surface area contributed by atoms with Crippen molar-refractivity contribution < 1.29 is 35.1 Å². The van der Waals surface area contributed by atoms with Gasteiger partial charge in [-0.1, -0.05) is 27.7 Å². The molecule has 0 spiro atoms. The molecule has 0 saturated heterocycles. The monoisotopic (exact) mass is 378 g/mol. The van der Waals surface area contributed by atoms with Crippen LogP contribution in [0.25, 0.3) is 0 Å². The van der Waals surface area contributed by atoms with Gasteiger partial charge in [0.25, 0.3) is 0 Å². The SMILES string of the molecule is C[C@@H](CO)c1c(O)c(O)c2c(c1O)C(=O)C(=O)[C@H]1C(C)(C)[C@H](O)CC[C@]21C. The number of aliphatic hydroxyl groups excluding tert-OH is 2. The van der Waals surface area contributed by atoms with Crippen molar-refractivity contribution >= 4 is 11.6 Å². The largest absolute Gasteiger partial charge is 0.507 e. The Morgan fingerprint density at radius 2 is 1.67 bits per heavy atom. The third kappa shape index (κ3) is 2.34. The van der Waals surface area contributed by atoms with Crippen molar-refractivity contribution in [2.75, 3.05) is 6.61 Å². The standard InChI is InChI=1S/C20H26O7/c1-8(7-21)10-13(23)11-12(16(26)14(10)24)20(4)6-5-9(22)19(2,3)18(20)17(27)15(11)25/h8-9,18,21-24,26H,5-7H2,1-4H3/t8-,9+,18-,20+/m0/s1. The molecule has 2 aliphatic rings. The summed E-state index contributed by atoms with van der Waals surface area (Å²) in [4.78, 5) is 25.9. The Morgan fingerprint density at radius 1 is 1.07 bits per heavy atom. The van der Waals surface area contributed by atoms with Crippen molar-refractivity contribution in [3.63, 3.8) is 0 Å². The minimum Gasteiger partial charge on any atom is -0.507 e. The molecule has 0 aliphatic heterocycles. The summed E-state index contributed by atoms with van der Waals surface area (Å²) in [5.41, 5.74) is -2.39. The Hall–Kier alpha value is -2.12. The zero-order valence-corrected chi connectivity index (χ0v) is 15.9. The van der Waals surface area contributed by atoms with E-state index in [2.05, 4.69) is 0 Å². The van der Waals surface area contributed by atoms with Crippen molar-refractivity contribution in [3.05, 3.63) is 16.7 Å². The Balaban J connectivity index is 2.40. The molecule has 5 N–H and O–H groups in total. The van der Waals surface area contributed by atoms with Gasteiger partial charge in [-0.2, -0.15) is 0 Å². The predicted molar refractivity (Wildman–Crippen MR) is 96.1 cm³/mol. The van der Waals surface area contributed by atoms with Crippen LogP contribution in [0, 0.1) is 11.3 Å². The highest BCUT2D eigenvalue weighted by Crippen LogP contribution is 2.61. The molecule has 0 bridgehead atoms. The van der Waals surface area contributed by atoms with E-state index in [4.69, 9.17) is 0 Å². The zero-order valence-electron chi connectivity index (χ0n) is 15.9. The number of aromatic hydroxyl groups is 3. The first-order valence-electron chi connectivity index (χ1n) is 9.09. The zero-order chi connectivity index (χ0) is 20.5. The third-order valence-electron chi connectivity index (χ3n) is 6.69. The van der Waals surface area contributed by atoms with Crippen LogP contribution in [0.3, 0.4) is 0 Å². The minimum absolute atomic E-state index is 0.0426. The van der Waals surface area contributed by atoms with E-state index in [1.807, 2.05) is 0 Å². The van der Waals surface area contributed by atoms with Gasteiger partial charge in [-0.05, 0) is 12.8 Å². The Morgan fingerprint density at radius 3 is 2.22 bits per heavy atom. The van der Waals surface area contributed by atoms with Gasteiger partial charge in [-0.3, -0.25) is 9.59 Å². The summed E-state index contributed by atoms with van der Waals surface area (Å²) in [6.07, 6.45) is -0.154. The second-order valence-electron chi connectivity index (χ2n) is 8.71. The van der Waals surface area contributed by atoms with Crippen LogP contribution < -0.4 is 0 Å². The molecule has 0 heterocycles. The minimum atomic E-state index is -1.04. The molecule has 4 atom stereocenters. The van der Waals surface area contributed by atoms with Gasteiger partial charge in [-0.15, -0.1) is 0 Å². The highest BCUT2D eigenvalue weighted by molar-refractivity contribution is 6.47. The molecule has 7 nitrogen and oxygen atoms in total. The number of hydrogen-bond acceptors (Lipinski definition) is 7. The number of benzene rings is 1. The molecule has 27 heavy (non-hydrogen) atoms. The first-order chi connectivity index (χ1) is 12.4. The number of Topliss-reactive ketones (excluding diaryl/α,β-unsaturated/α-hetero) is 2. The topological polar surface area (TPSA) is 135 Å². The molecule has 1 saturated carbocycles. The van der Waals surface area contributed by atoms with Gasteiger partial charge in [0.2, 0.25) is 11.6 Å². The lowest BCUT2D eigenvalue weighted by molar-refractivity contribution is -0.137. The number of carbonyl (C=O) groups is 2. The summed E-state index contributed by atoms with van der Waals surface area (Å²) < 4.78 is 0. The average molecular weight is 378 g/mol. The van der Waals surface area contributed by atoms with E-state index in [1.54, 1.807) is 20.8 Å². The molecule has 3 rings (SSSR count). The van der Waals surface area contributed by atoms with Crippen molar-refractivity contribution in [2.24, 2.45) is 11.3 Å². The number of ketones is 2. The lowest BCUT2D eigenvalue weighted by atomic mass is 9.48. The summed E-state index contributed by atoms with van der Waals surface area (Å²) in [5.74, 6) is -5.06. The number of rotatable bonds is 2. The molecular formula is C20H26O7. The molecular weight excluding hydrogens is 352 g/mol. The van der Waals surface area contributed by atoms with Gasteiger partial charge >= 0.3 is 0 Å². The van der Waals surface area contributed by atoms with E-state index in [1.165, 1.54) is 6.92 Å². The molecule has 0 amide bonds. The van der Waals surface area contributed by atoms with Crippen LogP contribution in [-0.2, 0) is 10.2 Å². The van der Waals surface area contributed by atoms with Gasteiger partial charge in [-0.25, -0.2) is 0 Å². The van der Waals surface area contributed by atoms with Crippen LogP contribution in [0.4, 0.5) is 0 Å². The Bertz CT molecular complexity index is 841. The van der Waals surface area contributed by atoms with Crippen molar-refractivity contribution in [1.29, 1.82) is 0 Å². The molecule has 7 heteroatoms. The highest BCUT2D eigenvalue weighted by Gasteiger charge is 2.61. The summed E-state index contributed by atoms with van der Waals surface area (Å²) in [7, 11) is 0. The number of carbonyl (C=O) groups excluding carboxylic acids is 2. The van der Waals surface area contributed by atoms with E-state index in [0.717, 1.165) is 0 Å². The lowest BCUT2D eigenvalue weighted by Crippen LogP contribution is -2.59. The molecule has 0 unspecified atom stereocenters. The van der Waals surface area contributed by atoms with Crippen molar-refractivity contribution in [3.8, 4) is 17.2 Å². The summed E-state index contributed by atoms with van der Waals surface area (Å²) in [6, 6.07) is 0. The van der Waals surface area contributed by atoms with E-state index < -0.39 is 64.2 Å². The van der Waals surface area contributed by atoms with Crippen LogP contribution in [0.15, 0.2) is 0 Å². The summed E-state index contributed by atoms with van der Waals surface area (Å²) in [5, 5.41) is 51.8. The fraction of sp³-hybridized carbons (Fsp3) is 0.600. The van der Waals surface area contributed by atoms with E-state index in [9.17, 15) is 35.1 Å². The maximum atomic E-state index is 13.0. The summed E-state index contributed by atoms with van der Waals surface area (Å²) in [6.45, 7) is 6.20. The Labute approximate surface area is 157 Å². The van der Waals surface area contributed by atoms with Gasteiger partial charge in [0.05, 0.1) is 11.7 Å². The van der Waals surface area contributed by atoms with Crippen LogP contribution in [0.1, 0.15) is 67.9 Å². The first kappa shape index (κ1) is 19.6. The Kier molecular flexibility index (Phi) is 4.32. The quantitative estimate of drug-likeness (QED) is 0.300. The van der Waals surface area contributed by atoms with E-state index in [-0.39, 0.29) is 16.7 Å². The third-order valence-corrected chi connectivity index (χ3v) is 6.69. The number of hydrogen-bond donors (Lipinski definition) is 5. The van der Waals surface area contributed by atoms with E-state index >= 15 is 0 Å². The van der Waals surface area contributed by atoms with Crippen LogP contribution in [0.2, 0.25) is 0 Å². The van der Waals surface area contributed by atoms with E-state index in [0.29, 0.717) is 12.8 Å². The fourth-order valence-electron chi connectivity index (χ4n) is 5.18. The fourth-order valence-corrected chi connectivity index (χ4v) is 5.18. The second kappa shape index (κ2) is 5.94. The maximum Gasteiger partial charge on any atom is 0.233 e. The molecule has 1 aromatic carbocycles. The predicted octanol–water partition coefficient (Wildman–Crippen LogP) is 1.72. The molecule has 0 radical (unpaired) electrons. The maximum absolute atomic E-state index is 13.0. The van der Waals surface area contributed by atoms with Crippen LogP contribution in [0.5, 0.6) is 17.2 Å². The first-order valence-corrected chi connectivity index (χ1v) is 9.09. The molecule has 1 fully saturated rings. The highest BCUT2D eigenvalue weighted by atomic mass is 16.3. The van der Waals surface area contributed by atoms with Gasteiger partial charge in [0.15, 0.2) is 11.5 Å². The van der Waals surface area contributed by atoms with Crippen LogP contribution >= 0.6 is 0 Å². The number of fused-ring (bicyclic) bond motifs is 3. The number of phenolic OH excluding ortho intramolecular Hbond substituents is 3. The van der Waals surface area contributed by atoms with Crippen molar-refractivity contribution in [2.45, 2.75) is 58.0 Å². The van der Waals surface area contributed by atoms with Gasteiger partial charge < -0.3 is 25.5 Å². The van der Waals surface area contributed by atoms with Gasteiger partial charge in [0.1, 0.15) is 5.75 Å². The number of aliphatic hydroxyl groups is 2. The molecule has 1 aromatic rings. The van der Waals surface area contributed by atoms with Gasteiger partial charge in [0, 0.05) is 40.4 Å². The molecule has 0 aromatic heterocycles. The average Bonchev–Trinajstić information content (AvgIpc) is 2.59. The summed E-state index contributed by atoms with van der Waals surface area (Å²) >= 11 is 0. The second-order valence-corrected chi connectivity index (χ2v) is 8.71. The lowest BCUT2D eigenvalue weighted by Gasteiger charge is -2.54. The molecule has 148 valence electrons. The molecule has 2 aliphatic carbocycles. The normalized spacial score (nSPS) is 30.6. The van der Waals surface area contributed by atoms with Crippen LogP contribution in [-0.4, -0.2) is 49.8 Å². The smallest absolute Gasteiger partial charge is 0.233 e. The van der Waals surface area contributed by atoms with Crippen molar-refractivity contribution in [1.82, 2.24) is 0 Å². The number of phenols is 3.